The number of benzene rings is 1. The highest BCUT2D eigenvalue weighted by Gasteiger charge is 1.95. The van der Waals surface area contributed by atoms with Crippen LogP contribution in [-0.4, -0.2) is 5.16 Å². The molecule has 1 aromatic rings. The minimum absolute atomic E-state index is 0.903. The standard InChI is InChI=1S/C8H6INS/c1-6-2-3-7(9)8(4-6)10-5-11/h2-4H,1H3. The van der Waals surface area contributed by atoms with Crippen LogP contribution in [0.25, 0.3) is 0 Å². The van der Waals surface area contributed by atoms with Crippen LogP contribution in [0.2, 0.25) is 0 Å². The summed E-state index contributed by atoms with van der Waals surface area (Å²) in [5.41, 5.74) is 2.09. The van der Waals surface area contributed by atoms with Gasteiger partial charge in [0, 0.05) is 3.57 Å². The summed E-state index contributed by atoms with van der Waals surface area (Å²) < 4.78 is 1.10. The lowest BCUT2D eigenvalue weighted by Crippen LogP contribution is -1.75. The molecule has 0 aliphatic heterocycles. The molecule has 0 aliphatic rings. The van der Waals surface area contributed by atoms with Crippen LogP contribution in [-0.2, 0) is 0 Å². The van der Waals surface area contributed by atoms with E-state index in [1.165, 1.54) is 5.56 Å². The molecule has 0 heterocycles. The van der Waals surface area contributed by atoms with Crippen LogP contribution in [0.15, 0.2) is 23.2 Å². The predicted octanol–water partition coefficient (Wildman–Crippen LogP) is 3.33. The smallest absolute Gasteiger partial charge is 0.0875 e. The Labute approximate surface area is 84.7 Å². The Morgan fingerprint density at radius 3 is 2.91 bits per heavy atom. The van der Waals surface area contributed by atoms with E-state index in [0.29, 0.717) is 0 Å². The maximum atomic E-state index is 4.52. The summed E-state index contributed by atoms with van der Waals surface area (Å²) in [5, 5.41) is 2.36. The maximum Gasteiger partial charge on any atom is 0.0875 e. The molecule has 0 N–H and O–H groups in total. The van der Waals surface area contributed by atoms with Crippen molar-refractivity contribution in [3.8, 4) is 0 Å². The van der Waals surface area contributed by atoms with E-state index in [1.54, 1.807) is 0 Å². The Morgan fingerprint density at radius 2 is 2.27 bits per heavy atom. The normalized spacial score (nSPS) is 8.91. The van der Waals surface area contributed by atoms with Crippen molar-refractivity contribution in [1.29, 1.82) is 0 Å². The summed E-state index contributed by atoms with van der Waals surface area (Å²) >= 11 is 6.74. The number of rotatable bonds is 1. The summed E-state index contributed by atoms with van der Waals surface area (Å²) in [6, 6.07) is 6.05. The van der Waals surface area contributed by atoms with E-state index >= 15 is 0 Å². The van der Waals surface area contributed by atoms with Gasteiger partial charge < -0.3 is 0 Å². The van der Waals surface area contributed by atoms with Crippen LogP contribution >= 0.6 is 34.8 Å². The van der Waals surface area contributed by atoms with E-state index < -0.39 is 0 Å². The second kappa shape index (κ2) is 3.95. The minimum Gasteiger partial charge on any atom is -0.194 e. The zero-order chi connectivity index (χ0) is 8.27. The van der Waals surface area contributed by atoms with Gasteiger partial charge in [-0.15, -0.1) is 0 Å². The summed E-state index contributed by atoms with van der Waals surface area (Å²) in [4.78, 5) is 3.92. The third-order valence-electron chi connectivity index (χ3n) is 1.27. The molecule has 1 rings (SSSR count). The molecule has 0 unspecified atom stereocenters. The van der Waals surface area contributed by atoms with Gasteiger partial charge in [0.1, 0.15) is 0 Å². The molecule has 1 nitrogen and oxygen atoms in total. The van der Waals surface area contributed by atoms with E-state index in [9.17, 15) is 0 Å². The Hall–Kier alpha value is -0.250. The van der Waals surface area contributed by atoms with Gasteiger partial charge in [-0.1, -0.05) is 6.07 Å². The Morgan fingerprint density at radius 1 is 1.55 bits per heavy atom. The second-order valence-corrected chi connectivity index (χ2v) is 3.50. The van der Waals surface area contributed by atoms with Gasteiger partial charge in [-0.3, -0.25) is 0 Å². The lowest BCUT2D eigenvalue weighted by molar-refractivity contribution is 1.41. The number of hydrogen-bond donors (Lipinski definition) is 0. The summed E-state index contributed by atoms with van der Waals surface area (Å²) in [6.45, 7) is 2.03. The van der Waals surface area contributed by atoms with Gasteiger partial charge in [0.15, 0.2) is 0 Å². The Bertz CT molecular complexity index is 316. The van der Waals surface area contributed by atoms with Gasteiger partial charge in [0.25, 0.3) is 0 Å². The molecule has 3 heteroatoms. The first-order chi connectivity index (χ1) is 5.24. The van der Waals surface area contributed by atoms with E-state index in [0.717, 1.165) is 9.26 Å². The molecule has 0 saturated carbocycles. The van der Waals surface area contributed by atoms with Gasteiger partial charge in [-0.25, -0.2) is 0 Å². The largest absolute Gasteiger partial charge is 0.194 e. The fraction of sp³-hybridized carbons (Fsp3) is 0.125. The molecule has 0 bridgehead atoms. The third-order valence-corrected chi connectivity index (χ3v) is 2.27. The van der Waals surface area contributed by atoms with Crippen LogP contribution in [0.1, 0.15) is 5.56 Å². The Balaban J connectivity index is 3.22. The van der Waals surface area contributed by atoms with Gasteiger partial charge in [0.05, 0.1) is 10.8 Å². The number of thiocarbonyl (C=S) groups is 1. The summed E-state index contributed by atoms with van der Waals surface area (Å²) in [6.07, 6.45) is 0. The molecule has 0 fully saturated rings. The number of aliphatic imine (C=N–C) groups is 1. The highest BCUT2D eigenvalue weighted by molar-refractivity contribution is 14.1. The highest BCUT2D eigenvalue weighted by Crippen LogP contribution is 2.21. The zero-order valence-electron chi connectivity index (χ0n) is 5.97. The van der Waals surface area contributed by atoms with E-state index in [1.807, 2.05) is 25.1 Å². The number of nitrogens with zero attached hydrogens (tertiary/aromatic N) is 1. The second-order valence-electron chi connectivity index (χ2n) is 2.16. The van der Waals surface area contributed by atoms with Crippen molar-refractivity contribution in [3.63, 3.8) is 0 Å². The first-order valence-corrected chi connectivity index (χ1v) is 4.57. The van der Waals surface area contributed by atoms with Crippen molar-refractivity contribution in [3.05, 3.63) is 27.3 Å². The number of halogens is 1. The molecule has 56 valence electrons. The van der Waals surface area contributed by atoms with Crippen molar-refractivity contribution in [2.75, 3.05) is 0 Å². The van der Waals surface area contributed by atoms with Crippen molar-refractivity contribution < 1.29 is 0 Å². The quantitative estimate of drug-likeness (QED) is 0.435. The summed E-state index contributed by atoms with van der Waals surface area (Å²) in [7, 11) is 0. The van der Waals surface area contributed by atoms with E-state index in [2.05, 4.69) is 45.0 Å². The van der Waals surface area contributed by atoms with Crippen LogP contribution < -0.4 is 0 Å². The molecule has 1 aromatic carbocycles. The lowest BCUT2D eigenvalue weighted by atomic mass is 10.2. The van der Waals surface area contributed by atoms with Crippen molar-refractivity contribution in [1.82, 2.24) is 0 Å². The molecule has 0 atom stereocenters. The Kier molecular flexibility index (Phi) is 3.17. The molecule has 0 radical (unpaired) electrons. The fourth-order valence-corrected chi connectivity index (χ4v) is 1.31. The van der Waals surface area contributed by atoms with Crippen LogP contribution in [0.3, 0.4) is 0 Å². The highest BCUT2D eigenvalue weighted by atomic mass is 127. The maximum absolute atomic E-state index is 4.52. The van der Waals surface area contributed by atoms with Crippen molar-refractivity contribution >= 4 is 45.7 Å². The molecular weight excluding hydrogens is 269 g/mol. The topological polar surface area (TPSA) is 12.4 Å². The summed E-state index contributed by atoms with van der Waals surface area (Å²) in [5.74, 6) is 0. The van der Waals surface area contributed by atoms with Gasteiger partial charge in [-0.05, 0) is 59.4 Å². The van der Waals surface area contributed by atoms with Crippen LogP contribution in [0.5, 0.6) is 0 Å². The average Bonchev–Trinajstić information content (AvgIpc) is 1.98. The number of aryl methyl sites for hydroxylation is 1. The van der Waals surface area contributed by atoms with E-state index in [4.69, 9.17) is 0 Å². The molecule has 11 heavy (non-hydrogen) atoms. The van der Waals surface area contributed by atoms with E-state index in [-0.39, 0.29) is 0 Å². The van der Waals surface area contributed by atoms with Crippen molar-refractivity contribution in [2.24, 2.45) is 4.99 Å². The number of hydrogen-bond acceptors (Lipinski definition) is 2. The fourth-order valence-electron chi connectivity index (χ4n) is 0.758. The molecule has 0 aromatic heterocycles. The minimum atomic E-state index is 0.903. The van der Waals surface area contributed by atoms with Crippen LogP contribution in [0.4, 0.5) is 5.69 Å². The molecule has 0 saturated heterocycles. The third kappa shape index (κ3) is 2.36. The molecule has 0 amide bonds. The van der Waals surface area contributed by atoms with Gasteiger partial charge >= 0.3 is 0 Å². The van der Waals surface area contributed by atoms with Gasteiger partial charge in [0.2, 0.25) is 0 Å². The first-order valence-electron chi connectivity index (χ1n) is 3.08. The zero-order valence-corrected chi connectivity index (χ0v) is 8.94. The lowest BCUT2D eigenvalue weighted by Gasteiger charge is -1.96. The SMILES string of the molecule is Cc1ccc(I)c(N=C=S)c1. The van der Waals surface area contributed by atoms with Crippen LogP contribution in [0, 0.1) is 10.5 Å². The average molecular weight is 275 g/mol. The molecule has 0 aliphatic carbocycles. The van der Waals surface area contributed by atoms with Crippen molar-refractivity contribution in [2.45, 2.75) is 6.92 Å². The first kappa shape index (κ1) is 8.84. The van der Waals surface area contributed by atoms with Gasteiger partial charge in [-0.2, -0.15) is 4.99 Å². The number of isothiocyanates is 1. The predicted molar refractivity (Wildman–Crippen MR) is 58.6 cm³/mol. The monoisotopic (exact) mass is 275 g/mol. The molecule has 0 spiro atoms. The molecular formula is C8H6INS.